The molecule has 0 radical (unpaired) electrons. The maximum Gasteiger partial charge on any atom is 0.119 e. The van der Waals surface area contributed by atoms with Crippen LogP contribution in [0.2, 0.25) is 0 Å². The fraction of sp³-hybridized carbons (Fsp3) is 0.368. The van der Waals surface area contributed by atoms with Gasteiger partial charge in [0.05, 0.1) is 11.9 Å². The summed E-state index contributed by atoms with van der Waals surface area (Å²) in [5, 5.41) is 0. The van der Waals surface area contributed by atoms with Gasteiger partial charge in [-0.15, -0.1) is 0 Å². The van der Waals surface area contributed by atoms with E-state index in [-0.39, 0.29) is 10.2 Å². The van der Waals surface area contributed by atoms with Crippen molar-refractivity contribution in [1.29, 1.82) is 0 Å². The maximum atomic E-state index is 5.30. The molecular weight excluding hydrogens is 324 g/mol. The molecule has 2 heteroatoms. The van der Waals surface area contributed by atoms with Crippen molar-refractivity contribution in [3.63, 3.8) is 0 Å². The topological polar surface area (TPSA) is 9.23 Å². The summed E-state index contributed by atoms with van der Waals surface area (Å²) in [4.78, 5) is 0.193. The standard InChI is InChI=1S/C19H23BrO/c1-13-12-14(21-5)10-11-15(13)18(20)16-8-6-7-9-17(16)19(2,3)4/h6-12,18H,1-5H3. The molecule has 0 spiro atoms. The molecule has 1 atom stereocenters. The molecule has 21 heavy (non-hydrogen) atoms. The highest BCUT2D eigenvalue weighted by Crippen LogP contribution is 2.39. The van der Waals surface area contributed by atoms with E-state index < -0.39 is 0 Å². The Bertz CT molecular complexity index is 626. The number of ether oxygens (including phenoxy) is 1. The molecule has 0 aliphatic heterocycles. The predicted octanol–water partition coefficient (Wildman–Crippen LogP) is 5.79. The van der Waals surface area contributed by atoms with Crippen molar-refractivity contribution in [1.82, 2.24) is 0 Å². The van der Waals surface area contributed by atoms with Crippen molar-refractivity contribution in [2.45, 2.75) is 37.9 Å². The molecule has 1 unspecified atom stereocenters. The van der Waals surface area contributed by atoms with Crippen molar-refractivity contribution in [3.05, 3.63) is 64.7 Å². The first-order valence-corrected chi connectivity index (χ1v) is 8.14. The second kappa shape index (κ2) is 6.23. The number of benzene rings is 2. The summed E-state index contributed by atoms with van der Waals surface area (Å²) < 4.78 is 5.30. The monoisotopic (exact) mass is 346 g/mol. The molecule has 0 aromatic heterocycles. The third-order valence-electron chi connectivity index (χ3n) is 3.79. The molecule has 0 saturated heterocycles. The van der Waals surface area contributed by atoms with Crippen LogP contribution in [0.15, 0.2) is 42.5 Å². The van der Waals surface area contributed by atoms with Gasteiger partial charge in [-0.3, -0.25) is 0 Å². The van der Waals surface area contributed by atoms with Gasteiger partial charge in [0.25, 0.3) is 0 Å². The third-order valence-corrected chi connectivity index (χ3v) is 4.78. The van der Waals surface area contributed by atoms with Crippen molar-refractivity contribution < 1.29 is 4.74 Å². The first-order chi connectivity index (χ1) is 9.84. The fourth-order valence-corrected chi connectivity index (χ4v) is 3.54. The van der Waals surface area contributed by atoms with Gasteiger partial charge in [0.2, 0.25) is 0 Å². The molecule has 1 nitrogen and oxygen atoms in total. The SMILES string of the molecule is COc1ccc(C(Br)c2ccccc2C(C)(C)C)c(C)c1. The molecule has 2 aromatic carbocycles. The van der Waals surface area contributed by atoms with Gasteiger partial charge >= 0.3 is 0 Å². The minimum absolute atomic E-state index is 0.128. The Hall–Kier alpha value is -1.28. The van der Waals surface area contributed by atoms with Gasteiger partial charge in [-0.2, -0.15) is 0 Å². The Kier molecular flexibility index (Phi) is 4.77. The molecule has 112 valence electrons. The van der Waals surface area contributed by atoms with Gasteiger partial charge in [-0.05, 0) is 46.7 Å². The lowest BCUT2D eigenvalue weighted by molar-refractivity contribution is 0.414. The predicted molar refractivity (Wildman–Crippen MR) is 93.6 cm³/mol. The second-order valence-electron chi connectivity index (χ2n) is 6.42. The maximum absolute atomic E-state index is 5.30. The zero-order chi connectivity index (χ0) is 15.6. The number of methoxy groups -OCH3 is 1. The molecular formula is C19H23BrO. The number of hydrogen-bond acceptors (Lipinski definition) is 1. The highest BCUT2D eigenvalue weighted by atomic mass is 79.9. The summed E-state index contributed by atoms with van der Waals surface area (Å²) >= 11 is 3.89. The highest BCUT2D eigenvalue weighted by molar-refractivity contribution is 9.09. The van der Waals surface area contributed by atoms with Gasteiger partial charge in [0.1, 0.15) is 5.75 Å². The van der Waals surface area contributed by atoms with Crippen LogP contribution in [0.1, 0.15) is 47.9 Å². The minimum Gasteiger partial charge on any atom is -0.497 e. The van der Waals surface area contributed by atoms with Gasteiger partial charge < -0.3 is 4.74 Å². The molecule has 0 fully saturated rings. The smallest absolute Gasteiger partial charge is 0.119 e. The number of alkyl halides is 1. The van der Waals surface area contributed by atoms with Gasteiger partial charge in [-0.25, -0.2) is 0 Å². The van der Waals surface area contributed by atoms with Crippen LogP contribution in [0.25, 0.3) is 0 Å². The average Bonchev–Trinajstić information content (AvgIpc) is 2.45. The lowest BCUT2D eigenvalue weighted by Crippen LogP contribution is -2.15. The fourth-order valence-electron chi connectivity index (χ4n) is 2.63. The zero-order valence-electron chi connectivity index (χ0n) is 13.4. The van der Waals surface area contributed by atoms with Crippen LogP contribution in [0, 0.1) is 6.92 Å². The van der Waals surface area contributed by atoms with Crippen LogP contribution in [0.4, 0.5) is 0 Å². The summed E-state index contributed by atoms with van der Waals surface area (Å²) in [7, 11) is 1.70. The normalized spacial score (nSPS) is 13.0. The van der Waals surface area contributed by atoms with E-state index >= 15 is 0 Å². The van der Waals surface area contributed by atoms with Crippen molar-refractivity contribution in [3.8, 4) is 5.75 Å². The van der Waals surface area contributed by atoms with Gasteiger partial charge in [-0.1, -0.05) is 67.0 Å². The van der Waals surface area contributed by atoms with Gasteiger partial charge in [0.15, 0.2) is 0 Å². The Morgan fingerprint density at radius 2 is 1.67 bits per heavy atom. The number of halogens is 1. The first kappa shape index (κ1) is 16.1. The van der Waals surface area contributed by atoms with Crippen molar-refractivity contribution in [2.24, 2.45) is 0 Å². The third kappa shape index (κ3) is 3.49. The number of rotatable bonds is 3. The molecule has 0 bridgehead atoms. The lowest BCUT2D eigenvalue weighted by Gasteiger charge is -2.26. The van der Waals surface area contributed by atoms with Crippen LogP contribution < -0.4 is 4.74 Å². The Labute approximate surface area is 136 Å². The molecule has 0 amide bonds. The quantitative estimate of drug-likeness (QED) is 0.639. The number of hydrogen-bond donors (Lipinski definition) is 0. The van der Waals surface area contributed by atoms with Crippen LogP contribution in [0.3, 0.4) is 0 Å². The van der Waals surface area contributed by atoms with E-state index in [1.54, 1.807) is 7.11 Å². The van der Waals surface area contributed by atoms with E-state index in [1.807, 2.05) is 6.07 Å². The molecule has 0 N–H and O–H groups in total. The van der Waals surface area contributed by atoms with Crippen molar-refractivity contribution >= 4 is 15.9 Å². The summed E-state index contributed by atoms with van der Waals surface area (Å²) in [6.07, 6.45) is 0. The van der Waals surface area contributed by atoms with Crippen LogP contribution in [0.5, 0.6) is 5.75 Å². The molecule has 0 saturated carbocycles. The Morgan fingerprint density at radius 3 is 2.24 bits per heavy atom. The Morgan fingerprint density at radius 1 is 1.00 bits per heavy atom. The average molecular weight is 347 g/mol. The van der Waals surface area contributed by atoms with E-state index in [1.165, 1.54) is 22.3 Å². The molecule has 0 heterocycles. The van der Waals surface area contributed by atoms with Gasteiger partial charge in [0, 0.05) is 0 Å². The molecule has 0 aliphatic carbocycles. The molecule has 2 rings (SSSR count). The summed E-state index contributed by atoms with van der Waals surface area (Å²) in [6, 6.07) is 14.9. The highest BCUT2D eigenvalue weighted by Gasteiger charge is 2.22. The van der Waals surface area contributed by atoms with Crippen LogP contribution in [-0.4, -0.2) is 7.11 Å². The lowest BCUT2D eigenvalue weighted by atomic mass is 9.82. The summed E-state index contributed by atoms with van der Waals surface area (Å²) in [6.45, 7) is 8.90. The molecule has 0 aliphatic rings. The van der Waals surface area contributed by atoms with E-state index in [0.29, 0.717) is 0 Å². The van der Waals surface area contributed by atoms with E-state index in [4.69, 9.17) is 4.74 Å². The Balaban J connectivity index is 2.48. The minimum atomic E-state index is 0.128. The first-order valence-electron chi connectivity index (χ1n) is 7.22. The largest absolute Gasteiger partial charge is 0.497 e. The van der Waals surface area contributed by atoms with E-state index in [0.717, 1.165) is 5.75 Å². The van der Waals surface area contributed by atoms with Crippen LogP contribution >= 0.6 is 15.9 Å². The molecule has 2 aromatic rings. The van der Waals surface area contributed by atoms with Crippen LogP contribution in [-0.2, 0) is 5.41 Å². The second-order valence-corrected chi connectivity index (χ2v) is 7.34. The van der Waals surface area contributed by atoms with Crippen molar-refractivity contribution in [2.75, 3.05) is 7.11 Å². The summed E-state index contributed by atoms with van der Waals surface area (Å²) in [5.41, 5.74) is 5.36. The van der Waals surface area contributed by atoms with E-state index in [2.05, 4.69) is 80.0 Å². The van der Waals surface area contributed by atoms with E-state index in [9.17, 15) is 0 Å². The number of aryl methyl sites for hydroxylation is 1. The zero-order valence-corrected chi connectivity index (χ0v) is 15.0. The summed E-state index contributed by atoms with van der Waals surface area (Å²) in [5.74, 6) is 0.903.